The van der Waals surface area contributed by atoms with E-state index in [2.05, 4.69) is 4.98 Å². The Bertz CT molecular complexity index is 1090. The van der Waals surface area contributed by atoms with Gasteiger partial charge in [-0.3, -0.25) is 4.79 Å². The van der Waals surface area contributed by atoms with Crippen LogP contribution in [0.2, 0.25) is 5.02 Å². The van der Waals surface area contributed by atoms with Gasteiger partial charge in [0, 0.05) is 30.2 Å². The number of carbonyl (C=O) groups is 1. The van der Waals surface area contributed by atoms with Crippen molar-refractivity contribution in [1.82, 2.24) is 9.55 Å². The molecule has 0 aliphatic carbocycles. The first-order chi connectivity index (χ1) is 13.8. The van der Waals surface area contributed by atoms with E-state index in [1.807, 2.05) is 12.1 Å². The third kappa shape index (κ3) is 5.41. The highest BCUT2D eigenvalue weighted by Crippen LogP contribution is 2.25. The fourth-order valence-electron chi connectivity index (χ4n) is 2.71. The number of benzene rings is 2. The highest BCUT2D eigenvalue weighted by atomic mass is 35.5. The van der Waals surface area contributed by atoms with Gasteiger partial charge >= 0.3 is 5.97 Å². The van der Waals surface area contributed by atoms with Crippen LogP contribution >= 0.6 is 23.4 Å². The number of sulfone groups is 1. The van der Waals surface area contributed by atoms with Gasteiger partial charge in [-0.1, -0.05) is 47.6 Å². The van der Waals surface area contributed by atoms with Crippen molar-refractivity contribution in [3.05, 3.63) is 65.9 Å². The molecule has 0 radical (unpaired) electrons. The fraction of sp³-hybridized carbons (Fsp3) is 0.200. The van der Waals surface area contributed by atoms with Gasteiger partial charge in [-0.15, -0.1) is 0 Å². The van der Waals surface area contributed by atoms with Gasteiger partial charge < -0.3 is 9.67 Å². The predicted molar refractivity (Wildman–Crippen MR) is 114 cm³/mol. The van der Waals surface area contributed by atoms with E-state index < -0.39 is 27.5 Å². The van der Waals surface area contributed by atoms with Crippen LogP contribution in [0.1, 0.15) is 0 Å². The highest BCUT2D eigenvalue weighted by Gasteiger charge is 2.27. The van der Waals surface area contributed by atoms with Crippen molar-refractivity contribution >= 4 is 39.2 Å². The van der Waals surface area contributed by atoms with Crippen molar-refractivity contribution in [2.24, 2.45) is 13.0 Å². The summed E-state index contributed by atoms with van der Waals surface area (Å²) in [6.07, 6.45) is 3.36. The van der Waals surface area contributed by atoms with Crippen molar-refractivity contribution < 1.29 is 18.3 Å². The summed E-state index contributed by atoms with van der Waals surface area (Å²) in [5.41, 5.74) is 1.76. The minimum absolute atomic E-state index is 0.100. The average Bonchev–Trinajstić information content (AvgIpc) is 3.10. The number of aliphatic carboxylic acids is 1. The minimum atomic E-state index is -3.75. The number of aryl methyl sites for hydroxylation is 1. The van der Waals surface area contributed by atoms with Crippen LogP contribution in [0.15, 0.2) is 71.0 Å². The van der Waals surface area contributed by atoms with Crippen molar-refractivity contribution in [2.75, 3.05) is 11.5 Å². The lowest BCUT2D eigenvalue weighted by Crippen LogP contribution is -2.26. The Kier molecular flexibility index (Phi) is 6.66. The molecule has 1 N–H and O–H groups in total. The number of carboxylic acids is 1. The van der Waals surface area contributed by atoms with E-state index in [1.165, 1.54) is 23.9 Å². The molecule has 3 aromatic rings. The maximum absolute atomic E-state index is 12.8. The summed E-state index contributed by atoms with van der Waals surface area (Å²) in [4.78, 5) is 15.8. The molecule has 1 atom stereocenters. The smallest absolute Gasteiger partial charge is 0.308 e. The molecule has 2 aromatic carbocycles. The van der Waals surface area contributed by atoms with Gasteiger partial charge in [0.2, 0.25) is 0 Å². The molecular formula is C20H19ClN2O4S2. The van der Waals surface area contributed by atoms with Crippen LogP contribution in [-0.2, 0) is 21.7 Å². The van der Waals surface area contributed by atoms with Crippen molar-refractivity contribution in [2.45, 2.75) is 10.1 Å². The maximum atomic E-state index is 12.8. The number of imidazole rings is 1. The summed E-state index contributed by atoms with van der Waals surface area (Å²) < 4.78 is 27.3. The first-order valence-electron chi connectivity index (χ1n) is 8.68. The summed E-state index contributed by atoms with van der Waals surface area (Å²) in [5, 5.41) is 10.7. The molecule has 0 aliphatic heterocycles. The number of nitrogens with zero attached hydrogens (tertiary/aromatic N) is 2. The van der Waals surface area contributed by atoms with Gasteiger partial charge in [0.15, 0.2) is 15.0 Å². The Balaban J connectivity index is 1.73. The first-order valence-corrected chi connectivity index (χ1v) is 11.7. The van der Waals surface area contributed by atoms with Gasteiger partial charge in [-0.05, 0) is 35.4 Å². The van der Waals surface area contributed by atoms with E-state index in [4.69, 9.17) is 11.6 Å². The summed E-state index contributed by atoms with van der Waals surface area (Å²) in [6, 6.07) is 13.6. The number of rotatable bonds is 8. The van der Waals surface area contributed by atoms with E-state index >= 15 is 0 Å². The van der Waals surface area contributed by atoms with Crippen LogP contribution in [0.3, 0.4) is 0 Å². The molecule has 1 unspecified atom stereocenters. The normalized spacial score (nSPS) is 12.6. The molecule has 0 bridgehead atoms. The second-order valence-corrected chi connectivity index (χ2v) is 9.94. The molecule has 1 heterocycles. The van der Waals surface area contributed by atoms with Gasteiger partial charge in [-0.2, -0.15) is 0 Å². The van der Waals surface area contributed by atoms with E-state index in [0.29, 0.717) is 10.2 Å². The molecule has 152 valence electrons. The quantitative estimate of drug-likeness (QED) is 0.521. The second kappa shape index (κ2) is 9.02. The van der Waals surface area contributed by atoms with Gasteiger partial charge in [0.25, 0.3) is 0 Å². The molecule has 0 amide bonds. The van der Waals surface area contributed by atoms with Crippen LogP contribution in [-0.4, -0.2) is 40.6 Å². The second-order valence-electron chi connectivity index (χ2n) is 6.48. The standard InChI is InChI=1S/C20H19ClN2O4S2/c1-23-11-10-22-20(23)28-12-16(19(24)25)13-29(26,27)18-8-4-15(5-9-18)14-2-6-17(21)7-3-14/h2-11,16H,12-13H2,1H3,(H,24,25). The van der Waals surface area contributed by atoms with Crippen LogP contribution in [0.25, 0.3) is 11.1 Å². The zero-order valence-electron chi connectivity index (χ0n) is 15.5. The summed E-state index contributed by atoms with van der Waals surface area (Å²) in [7, 11) is -1.96. The predicted octanol–water partition coefficient (Wildman–Crippen LogP) is 4.01. The van der Waals surface area contributed by atoms with Crippen molar-refractivity contribution in [3.63, 3.8) is 0 Å². The average molecular weight is 451 g/mol. The zero-order chi connectivity index (χ0) is 21.0. The molecule has 0 spiro atoms. The number of halogens is 1. The molecule has 3 rings (SSSR count). The summed E-state index contributed by atoms with van der Waals surface area (Å²) >= 11 is 7.11. The van der Waals surface area contributed by atoms with Crippen LogP contribution in [0.5, 0.6) is 0 Å². The molecule has 0 saturated carbocycles. The lowest BCUT2D eigenvalue weighted by atomic mass is 10.1. The minimum Gasteiger partial charge on any atom is -0.481 e. The highest BCUT2D eigenvalue weighted by molar-refractivity contribution is 7.99. The monoisotopic (exact) mass is 450 g/mol. The van der Waals surface area contributed by atoms with Gasteiger partial charge in [0.1, 0.15) is 0 Å². The van der Waals surface area contributed by atoms with Crippen LogP contribution < -0.4 is 0 Å². The Morgan fingerprint density at radius 1 is 1.14 bits per heavy atom. The number of thioether (sulfide) groups is 1. The largest absolute Gasteiger partial charge is 0.481 e. The topological polar surface area (TPSA) is 89.3 Å². The van der Waals surface area contributed by atoms with E-state index in [1.54, 1.807) is 48.3 Å². The van der Waals surface area contributed by atoms with Crippen molar-refractivity contribution in [1.29, 1.82) is 0 Å². The lowest BCUT2D eigenvalue weighted by molar-refractivity contribution is -0.140. The van der Waals surface area contributed by atoms with E-state index in [9.17, 15) is 18.3 Å². The molecule has 1 aromatic heterocycles. The Morgan fingerprint density at radius 2 is 1.72 bits per heavy atom. The third-order valence-electron chi connectivity index (χ3n) is 4.35. The number of carboxylic acid groups (broad SMARTS) is 1. The maximum Gasteiger partial charge on any atom is 0.308 e. The summed E-state index contributed by atoms with van der Waals surface area (Å²) in [6.45, 7) is 0. The molecule has 6 nitrogen and oxygen atoms in total. The van der Waals surface area contributed by atoms with Gasteiger partial charge in [-0.25, -0.2) is 13.4 Å². The van der Waals surface area contributed by atoms with Crippen molar-refractivity contribution in [3.8, 4) is 11.1 Å². The van der Waals surface area contributed by atoms with Gasteiger partial charge in [0.05, 0.1) is 16.6 Å². The molecule has 0 fully saturated rings. The fourth-order valence-corrected chi connectivity index (χ4v) is 5.53. The Labute approximate surface area is 178 Å². The Hall–Kier alpha value is -2.29. The number of aromatic nitrogens is 2. The molecule has 0 saturated heterocycles. The number of hydrogen-bond donors (Lipinski definition) is 1. The molecule has 29 heavy (non-hydrogen) atoms. The molecular weight excluding hydrogens is 432 g/mol. The third-order valence-corrected chi connectivity index (χ3v) is 7.66. The molecule has 9 heteroatoms. The first kappa shape index (κ1) is 21.4. The van der Waals surface area contributed by atoms with E-state index in [-0.39, 0.29) is 10.6 Å². The zero-order valence-corrected chi connectivity index (χ0v) is 17.9. The molecule has 0 aliphatic rings. The summed E-state index contributed by atoms with van der Waals surface area (Å²) in [5.74, 6) is -2.55. The van der Waals surface area contributed by atoms with E-state index in [0.717, 1.165) is 11.1 Å². The number of hydrogen-bond acceptors (Lipinski definition) is 5. The Morgan fingerprint density at radius 3 is 2.24 bits per heavy atom. The lowest BCUT2D eigenvalue weighted by Gasteiger charge is -2.13. The SMILES string of the molecule is Cn1ccnc1SCC(CS(=O)(=O)c1ccc(-c2ccc(Cl)cc2)cc1)C(=O)O. The van der Waals surface area contributed by atoms with Crippen LogP contribution in [0.4, 0.5) is 0 Å². The van der Waals surface area contributed by atoms with Crippen LogP contribution in [0, 0.1) is 5.92 Å².